The fourth-order valence-corrected chi connectivity index (χ4v) is 2.77. The first-order valence-electron chi connectivity index (χ1n) is 6.84. The number of aliphatic hydroxyl groups is 1. The molecular formula is C15H15NO5S. The summed E-state index contributed by atoms with van der Waals surface area (Å²) in [5.74, 6) is 0.574. The normalized spacial score (nSPS) is 22.5. The lowest BCUT2D eigenvalue weighted by molar-refractivity contribution is -0.135. The van der Waals surface area contributed by atoms with Crippen molar-refractivity contribution < 1.29 is 24.2 Å². The molecular weight excluding hydrogens is 306 g/mol. The molecule has 2 aliphatic rings. The zero-order valence-electron chi connectivity index (χ0n) is 11.9. The summed E-state index contributed by atoms with van der Waals surface area (Å²) >= 11 is 0.944. The van der Waals surface area contributed by atoms with Crippen LogP contribution in [0.5, 0.6) is 11.5 Å². The topological polar surface area (TPSA) is 84.9 Å². The van der Waals surface area contributed by atoms with Gasteiger partial charge in [-0.15, -0.1) is 0 Å². The quantitative estimate of drug-likeness (QED) is 0.653. The summed E-state index contributed by atoms with van der Waals surface area (Å²) < 4.78 is 10.6. The molecule has 1 aliphatic heterocycles. The van der Waals surface area contributed by atoms with Gasteiger partial charge in [0.05, 0.1) is 13.0 Å². The van der Waals surface area contributed by atoms with Crippen LogP contribution in [0.2, 0.25) is 0 Å². The van der Waals surface area contributed by atoms with Gasteiger partial charge < -0.3 is 19.9 Å². The van der Waals surface area contributed by atoms with Crippen LogP contribution >= 0.6 is 11.8 Å². The maximum atomic E-state index is 11.7. The van der Waals surface area contributed by atoms with Crippen molar-refractivity contribution in [2.75, 3.05) is 7.11 Å². The number of benzene rings is 1. The number of nitrogens with one attached hydrogen (secondary N) is 1. The van der Waals surface area contributed by atoms with E-state index in [1.165, 1.54) is 7.11 Å². The summed E-state index contributed by atoms with van der Waals surface area (Å²) in [6, 6.07) is 5.08. The molecule has 1 unspecified atom stereocenters. The van der Waals surface area contributed by atoms with Crippen molar-refractivity contribution in [3.63, 3.8) is 0 Å². The van der Waals surface area contributed by atoms with Gasteiger partial charge in [-0.05, 0) is 48.4 Å². The second-order valence-electron chi connectivity index (χ2n) is 5.09. The Balaban J connectivity index is 1.80. The lowest BCUT2D eigenvalue weighted by Gasteiger charge is -2.10. The summed E-state index contributed by atoms with van der Waals surface area (Å²) in [5, 5.41) is 11.8. The Morgan fingerprint density at radius 1 is 1.41 bits per heavy atom. The zero-order valence-corrected chi connectivity index (χ0v) is 12.7. The van der Waals surface area contributed by atoms with Crippen molar-refractivity contribution in [3.8, 4) is 11.5 Å². The van der Waals surface area contributed by atoms with Gasteiger partial charge in [-0.25, -0.2) is 0 Å². The number of thioether (sulfide) groups is 1. The second-order valence-corrected chi connectivity index (χ2v) is 6.14. The van der Waals surface area contributed by atoms with Gasteiger partial charge in [0.25, 0.3) is 5.24 Å². The van der Waals surface area contributed by atoms with Crippen LogP contribution in [0.15, 0.2) is 23.1 Å². The molecule has 1 atom stereocenters. The Hall–Kier alpha value is -1.99. The SMILES string of the molecule is COc1cc(/C=C2\SC(=O)NC2O)ccc1OC(=O)C1CC1. The summed E-state index contributed by atoms with van der Waals surface area (Å²) in [6.07, 6.45) is 2.45. The van der Waals surface area contributed by atoms with Crippen LogP contribution in [0.1, 0.15) is 18.4 Å². The van der Waals surface area contributed by atoms with Crippen LogP contribution in [0, 0.1) is 5.92 Å². The largest absolute Gasteiger partial charge is 0.493 e. The average molecular weight is 321 g/mol. The molecule has 1 aromatic carbocycles. The third kappa shape index (κ3) is 3.26. The van der Waals surface area contributed by atoms with Crippen LogP contribution in [0.3, 0.4) is 0 Å². The highest BCUT2D eigenvalue weighted by Gasteiger charge is 2.32. The summed E-state index contributed by atoms with van der Waals surface area (Å²) in [6.45, 7) is 0. The van der Waals surface area contributed by atoms with E-state index < -0.39 is 6.23 Å². The first-order chi connectivity index (χ1) is 10.6. The van der Waals surface area contributed by atoms with E-state index in [1.807, 2.05) is 0 Å². The minimum absolute atomic E-state index is 0.00798. The smallest absolute Gasteiger partial charge is 0.314 e. The zero-order chi connectivity index (χ0) is 15.7. The second kappa shape index (κ2) is 6.02. The number of carbonyl (C=O) groups is 2. The molecule has 0 bridgehead atoms. The molecule has 3 rings (SSSR count). The van der Waals surface area contributed by atoms with E-state index in [-0.39, 0.29) is 17.1 Å². The van der Waals surface area contributed by atoms with Crippen LogP contribution in [-0.4, -0.2) is 29.7 Å². The number of amides is 1. The van der Waals surface area contributed by atoms with Gasteiger partial charge in [-0.2, -0.15) is 0 Å². The van der Waals surface area contributed by atoms with Crippen molar-refractivity contribution in [1.29, 1.82) is 0 Å². The first-order valence-corrected chi connectivity index (χ1v) is 7.66. The number of esters is 1. The molecule has 2 N–H and O–H groups in total. The molecule has 1 heterocycles. The van der Waals surface area contributed by atoms with Gasteiger partial charge in [0.2, 0.25) is 0 Å². The number of hydrogen-bond acceptors (Lipinski definition) is 6. The highest BCUT2D eigenvalue weighted by atomic mass is 32.2. The van der Waals surface area contributed by atoms with E-state index in [4.69, 9.17) is 9.47 Å². The Kier molecular flexibility index (Phi) is 4.08. The fourth-order valence-electron chi connectivity index (χ4n) is 2.02. The van der Waals surface area contributed by atoms with Gasteiger partial charge in [0.1, 0.15) is 0 Å². The molecule has 116 valence electrons. The molecule has 1 aromatic rings. The molecule has 0 radical (unpaired) electrons. The van der Waals surface area contributed by atoms with Crippen molar-refractivity contribution in [1.82, 2.24) is 5.32 Å². The van der Waals surface area contributed by atoms with Gasteiger partial charge in [0.15, 0.2) is 17.7 Å². The van der Waals surface area contributed by atoms with Crippen molar-refractivity contribution >= 4 is 29.0 Å². The van der Waals surface area contributed by atoms with E-state index >= 15 is 0 Å². The number of rotatable bonds is 4. The Bertz CT molecular complexity index is 653. The highest BCUT2D eigenvalue weighted by Crippen LogP contribution is 2.35. The third-order valence-electron chi connectivity index (χ3n) is 3.35. The van der Waals surface area contributed by atoms with E-state index in [1.54, 1.807) is 24.3 Å². The third-order valence-corrected chi connectivity index (χ3v) is 4.23. The number of carbonyl (C=O) groups excluding carboxylic acids is 2. The van der Waals surface area contributed by atoms with E-state index in [0.717, 1.165) is 30.2 Å². The van der Waals surface area contributed by atoms with Gasteiger partial charge >= 0.3 is 5.97 Å². The molecule has 1 saturated carbocycles. The molecule has 22 heavy (non-hydrogen) atoms. The van der Waals surface area contributed by atoms with Crippen molar-refractivity contribution in [3.05, 3.63) is 28.7 Å². The van der Waals surface area contributed by atoms with Crippen LogP contribution < -0.4 is 14.8 Å². The maximum Gasteiger partial charge on any atom is 0.314 e. The molecule has 1 aliphatic carbocycles. The monoisotopic (exact) mass is 321 g/mol. The molecule has 0 spiro atoms. The molecule has 1 amide bonds. The Morgan fingerprint density at radius 2 is 2.18 bits per heavy atom. The summed E-state index contributed by atoms with van der Waals surface area (Å²) in [7, 11) is 1.49. The van der Waals surface area contributed by atoms with Crippen molar-refractivity contribution in [2.24, 2.45) is 5.92 Å². The minimum Gasteiger partial charge on any atom is -0.493 e. The lowest BCUT2D eigenvalue weighted by atomic mass is 10.2. The molecule has 0 aromatic heterocycles. The molecule has 6 nitrogen and oxygen atoms in total. The average Bonchev–Trinajstić information content (AvgIpc) is 3.28. The maximum absolute atomic E-state index is 11.7. The molecule has 2 fully saturated rings. The predicted molar refractivity (Wildman–Crippen MR) is 81.5 cm³/mol. The number of aliphatic hydroxyl groups excluding tert-OH is 1. The fraction of sp³-hybridized carbons (Fsp3) is 0.333. The Morgan fingerprint density at radius 3 is 2.77 bits per heavy atom. The van der Waals surface area contributed by atoms with Crippen LogP contribution in [0.25, 0.3) is 6.08 Å². The Labute approximate surface area is 131 Å². The number of ether oxygens (including phenoxy) is 2. The van der Waals surface area contributed by atoms with Gasteiger partial charge in [-0.1, -0.05) is 6.07 Å². The molecule has 7 heteroatoms. The summed E-state index contributed by atoms with van der Waals surface area (Å²) in [4.78, 5) is 23.4. The number of methoxy groups -OCH3 is 1. The van der Waals surface area contributed by atoms with Crippen LogP contribution in [0.4, 0.5) is 4.79 Å². The van der Waals surface area contributed by atoms with Crippen LogP contribution in [-0.2, 0) is 4.79 Å². The highest BCUT2D eigenvalue weighted by molar-refractivity contribution is 8.17. The van der Waals surface area contributed by atoms with E-state index in [0.29, 0.717) is 16.4 Å². The number of hydrogen-bond donors (Lipinski definition) is 2. The summed E-state index contributed by atoms with van der Waals surface area (Å²) in [5.41, 5.74) is 0.737. The van der Waals surface area contributed by atoms with Gasteiger partial charge in [-0.3, -0.25) is 9.59 Å². The van der Waals surface area contributed by atoms with E-state index in [9.17, 15) is 14.7 Å². The predicted octanol–water partition coefficient (Wildman–Crippen LogP) is 2.13. The first kappa shape index (κ1) is 14.9. The van der Waals surface area contributed by atoms with E-state index in [2.05, 4.69) is 5.32 Å². The standard InChI is InChI=1S/C15H15NO5S/c1-20-11-6-8(7-12-13(17)16-15(19)22-12)2-5-10(11)21-14(18)9-3-4-9/h2,5-7,9,13,17H,3-4H2,1H3,(H,16,19)/b12-7-. The minimum atomic E-state index is -0.990. The lowest BCUT2D eigenvalue weighted by Crippen LogP contribution is -2.24. The molecule has 1 saturated heterocycles. The van der Waals surface area contributed by atoms with Gasteiger partial charge in [0, 0.05) is 4.91 Å². The van der Waals surface area contributed by atoms with Crippen molar-refractivity contribution in [2.45, 2.75) is 19.1 Å².